The lowest BCUT2D eigenvalue weighted by Gasteiger charge is -2.43. The Morgan fingerprint density at radius 3 is 1.79 bits per heavy atom. The number of piperazine rings is 1. The molecule has 6 aliphatic rings. The van der Waals surface area contributed by atoms with E-state index in [-0.39, 0.29) is 47.9 Å². The zero-order chi connectivity index (χ0) is 22.2. The van der Waals surface area contributed by atoms with Gasteiger partial charge in [0.2, 0.25) is 17.8 Å². The Morgan fingerprint density at radius 1 is 0.765 bits per heavy atom. The van der Waals surface area contributed by atoms with Gasteiger partial charge in [-0.15, -0.1) is 12.4 Å². The maximum Gasteiger partial charge on any atom is 0.237 e. The van der Waals surface area contributed by atoms with Crippen molar-refractivity contribution in [2.24, 2.45) is 34.5 Å². The first kappa shape index (κ1) is 22.2. The Bertz CT molecular complexity index is 977. The number of allylic oxidation sites excluding steroid dienone is 4. The molecule has 2 amide bonds. The molecule has 1 aromatic rings. The second kappa shape index (κ2) is 7.89. The summed E-state index contributed by atoms with van der Waals surface area (Å²) in [5.74, 6) is 2.14. The van der Waals surface area contributed by atoms with Gasteiger partial charge in [0.25, 0.3) is 0 Å². The van der Waals surface area contributed by atoms with Crippen LogP contribution < -0.4 is 4.90 Å². The minimum absolute atomic E-state index is 0. The Hall–Kier alpha value is -2.25. The Balaban J connectivity index is 0.00000217. The molecule has 4 aliphatic carbocycles. The van der Waals surface area contributed by atoms with Crippen LogP contribution in [0.3, 0.4) is 0 Å². The van der Waals surface area contributed by atoms with Crippen LogP contribution in [0.5, 0.6) is 0 Å². The van der Waals surface area contributed by atoms with E-state index < -0.39 is 10.8 Å². The molecule has 0 N–H and O–H groups in total. The number of rotatable bonds is 6. The molecule has 4 unspecified atom stereocenters. The SMILES string of the molecule is Cl.O=C1N(CCCCN2CCN(c3ncccn3)CC2)C(=O)C23C4C=CC(C4)C12C1C=CC3C1. The van der Waals surface area contributed by atoms with E-state index in [1.807, 2.05) is 6.07 Å². The molecule has 0 aromatic carbocycles. The first-order valence-electron chi connectivity index (χ1n) is 12.6. The van der Waals surface area contributed by atoms with Gasteiger partial charge in [0.1, 0.15) is 0 Å². The average Bonchev–Trinajstić information content (AvgIpc) is 3.65. The summed E-state index contributed by atoms with van der Waals surface area (Å²) in [6, 6.07) is 1.85. The van der Waals surface area contributed by atoms with Gasteiger partial charge in [0, 0.05) is 45.1 Å². The van der Waals surface area contributed by atoms with E-state index >= 15 is 0 Å². The third-order valence-electron chi connectivity index (χ3n) is 9.70. The fourth-order valence-corrected chi connectivity index (χ4v) is 8.49. The Morgan fingerprint density at radius 2 is 1.26 bits per heavy atom. The predicted octanol–water partition coefficient (Wildman–Crippen LogP) is 2.55. The number of carbonyl (C=O) groups excluding carboxylic acids is 2. The Labute approximate surface area is 206 Å². The van der Waals surface area contributed by atoms with Crippen molar-refractivity contribution in [2.75, 3.05) is 44.2 Å². The lowest BCUT2D eigenvalue weighted by Crippen LogP contribution is -2.50. The summed E-state index contributed by atoms with van der Waals surface area (Å²) in [6.07, 6.45) is 16.5. The summed E-state index contributed by atoms with van der Waals surface area (Å²) in [5.41, 5.74) is -0.919. The first-order valence-corrected chi connectivity index (χ1v) is 12.6. The lowest BCUT2D eigenvalue weighted by molar-refractivity contribution is -0.144. The number of nitrogens with zero attached hydrogens (tertiary/aromatic N) is 5. The molecule has 1 aromatic heterocycles. The van der Waals surface area contributed by atoms with Gasteiger partial charge >= 0.3 is 0 Å². The van der Waals surface area contributed by atoms with E-state index in [2.05, 4.69) is 44.1 Å². The third-order valence-corrected chi connectivity index (χ3v) is 9.70. The number of hydrogen-bond donors (Lipinski definition) is 0. The van der Waals surface area contributed by atoms with Gasteiger partial charge in [-0.05, 0) is 62.0 Å². The zero-order valence-corrected chi connectivity index (χ0v) is 20.2. The molecule has 2 aliphatic heterocycles. The molecule has 2 saturated carbocycles. The van der Waals surface area contributed by atoms with Crippen LogP contribution in [0, 0.1) is 34.5 Å². The van der Waals surface area contributed by atoms with Crippen LogP contribution in [0.25, 0.3) is 0 Å². The van der Waals surface area contributed by atoms with Crippen molar-refractivity contribution < 1.29 is 9.59 Å². The van der Waals surface area contributed by atoms with Gasteiger partial charge in [0.15, 0.2) is 0 Å². The maximum atomic E-state index is 13.9. The monoisotopic (exact) mass is 481 g/mol. The number of carbonyl (C=O) groups is 2. The Kier molecular flexibility index (Phi) is 5.16. The molecule has 180 valence electrons. The maximum absolute atomic E-state index is 13.9. The fraction of sp³-hybridized carbons (Fsp3) is 0.615. The number of unbranched alkanes of at least 4 members (excludes halogenated alkanes) is 1. The van der Waals surface area contributed by atoms with E-state index in [4.69, 9.17) is 0 Å². The molecule has 8 heteroatoms. The molecule has 2 saturated heterocycles. The number of halogens is 1. The van der Waals surface area contributed by atoms with Gasteiger partial charge in [-0.3, -0.25) is 19.4 Å². The number of amides is 2. The number of likely N-dealkylation sites (tertiary alicyclic amines) is 1. The normalized spacial score (nSPS) is 39.2. The second-order valence-electron chi connectivity index (χ2n) is 10.8. The predicted molar refractivity (Wildman–Crippen MR) is 130 cm³/mol. The molecule has 7 nitrogen and oxygen atoms in total. The summed E-state index contributed by atoms with van der Waals surface area (Å²) >= 11 is 0. The smallest absolute Gasteiger partial charge is 0.237 e. The average molecular weight is 482 g/mol. The summed E-state index contributed by atoms with van der Waals surface area (Å²) in [6.45, 7) is 5.45. The summed E-state index contributed by atoms with van der Waals surface area (Å²) in [4.78, 5) is 42.8. The van der Waals surface area contributed by atoms with Crippen LogP contribution >= 0.6 is 12.4 Å². The van der Waals surface area contributed by atoms with Crippen molar-refractivity contribution in [1.29, 1.82) is 0 Å². The highest BCUT2D eigenvalue weighted by Gasteiger charge is 2.85. The second-order valence-corrected chi connectivity index (χ2v) is 10.8. The molecule has 34 heavy (non-hydrogen) atoms. The van der Waals surface area contributed by atoms with Gasteiger partial charge < -0.3 is 4.90 Å². The van der Waals surface area contributed by atoms with E-state index in [0.29, 0.717) is 6.54 Å². The van der Waals surface area contributed by atoms with Crippen molar-refractivity contribution >= 4 is 30.2 Å². The number of hydrogen-bond acceptors (Lipinski definition) is 6. The summed E-state index contributed by atoms with van der Waals surface area (Å²) in [5, 5.41) is 0. The topological polar surface area (TPSA) is 69.6 Å². The highest BCUT2D eigenvalue weighted by Crippen LogP contribution is 2.80. The van der Waals surface area contributed by atoms with E-state index in [0.717, 1.165) is 64.4 Å². The largest absolute Gasteiger partial charge is 0.338 e. The molecule has 4 atom stereocenters. The van der Waals surface area contributed by atoms with Crippen LogP contribution in [0.2, 0.25) is 0 Å². The number of aromatic nitrogens is 2. The number of imide groups is 1. The van der Waals surface area contributed by atoms with Gasteiger partial charge in [-0.2, -0.15) is 0 Å². The third kappa shape index (κ3) is 2.57. The summed E-state index contributed by atoms with van der Waals surface area (Å²) < 4.78 is 0. The minimum Gasteiger partial charge on any atom is -0.338 e. The van der Waals surface area contributed by atoms with Crippen molar-refractivity contribution in [1.82, 2.24) is 19.8 Å². The molecule has 0 radical (unpaired) electrons. The standard InChI is InChI=1S/C26H31N5O2.ClH/c32-22-25-18-4-5-19(16-18)26(25,21-7-6-20(25)17-21)23(33)31(22)11-2-1-10-29-12-14-30(15-13-29)24-27-8-3-9-28-24;/h3-9,18-21H,1-2,10-17H2;1H. The highest BCUT2D eigenvalue weighted by molar-refractivity contribution is 6.12. The van der Waals surface area contributed by atoms with Gasteiger partial charge in [-0.25, -0.2) is 9.97 Å². The van der Waals surface area contributed by atoms with Crippen LogP contribution in [-0.2, 0) is 9.59 Å². The van der Waals surface area contributed by atoms with Crippen molar-refractivity contribution in [3.05, 3.63) is 42.8 Å². The van der Waals surface area contributed by atoms with Crippen LogP contribution in [-0.4, -0.2) is 70.9 Å². The fourth-order valence-electron chi connectivity index (χ4n) is 8.49. The zero-order valence-electron chi connectivity index (χ0n) is 19.4. The van der Waals surface area contributed by atoms with E-state index in [1.165, 1.54) is 0 Å². The summed E-state index contributed by atoms with van der Waals surface area (Å²) in [7, 11) is 0. The van der Waals surface area contributed by atoms with Crippen LogP contribution in [0.4, 0.5) is 5.95 Å². The molecule has 0 spiro atoms. The highest BCUT2D eigenvalue weighted by atomic mass is 35.5. The molecular formula is C26H32ClN5O2. The van der Waals surface area contributed by atoms with E-state index in [1.54, 1.807) is 17.3 Å². The lowest BCUT2D eigenvalue weighted by atomic mass is 9.54. The minimum atomic E-state index is -0.460. The van der Waals surface area contributed by atoms with E-state index in [9.17, 15) is 9.59 Å². The van der Waals surface area contributed by atoms with Crippen LogP contribution in [0.15, 0.2) is 42.8 Å². The quantitative estimate of drug-likeness (QED) is 0.353. The number of fused-ring (bicyclic) bond motifs is 4. The van der Waals surface area contributed by atoms with Gasteiger partial charge in [0.05, 0.1) is 10.8 Å². The molecule has 7 rings (SSSR count). The van der Waals surface area contributed by atoms with Crippen LogP contribution in [0.1, 0.15) is 25.7 Å². The molecule has 3 heterocycles. The van der Waals surface area contributed by atoms with Crippen molar-refractivity contribution in [2.45, 2.75) is 25.7 Å². The first-order chi connectivity index (χ1) is 16.2. The van der Waals surface area contributed by atoms with Crippen molar-refractivity contribution in [3.8, 4) is 0 Å². The molecule has 4 fully saturated rings. The molecule has 4 bridgehead atoms. The molecular weight excluding hydrogens is 450 g/mol. The number of anilines is 1. The van der Waals surface area contributed by atoms with Gasteiger partial charge in [-0.1, -0.05) is 24.3 Å². The van der Waals surface area contributed by atoms with Crippen molar-refractivity contribution in [3.63, 3.8) is 0 Å².